The maximum Gasteiger partial charge on any atom is 0.254 e. The van der Waals surface area contributed by atoms with Gasteiger partial charge in [0, 0.05) is 81.7 Å². The minimum absolute atomic E-state index is 0.0349. The molecule has 3 fully saturated rings. The number of hydrogen-bond acceptors (Lipinski definition) is 14. The largest absolute Gasteiger partial charge is 0.379 e. The zero-order valence-electron chi connectivity index (χ0n) is 43.4. The number of H-pyrrole nitrogens is 1. The third kappa shape index (κ3) is 13.3. The monoisotopic (exact) mass is 1060 g/mol. The van der Waals surface area contributed by atoms with Gasteiger partial charge >= 0.3 is 0 Å². The summed E-state index contributed by atoms with van der Waals surface area (Å²) < 4.78 is 28.8. The molecule has 9 rings (SSSR count). The maximum atomic E-state index is 15.6. The molecule has 0 radical (unpaired) electrons. The van der Waals surface area contributed by atoms with Gasteiger partial charge in [-0.1, -0.05) is 45.0 Å². The molecule has 2 aliphatic heterocycles. The number of halogens is 1. The molecule has 20 nitrogen and oxygen atoms in total. The first-order chi connectivity index (χ1) is 36.7. The second-order valence-electron chi connectivity index (χ2n) is 20.6. The summed E-state index contributed by atoms with van der Waals surface area (Å²) in [5, 5.41) is 18.8. The first-order valence-electron chi connectivity index (χ1n) is 25.9. The molecule has 3 aliphatic rings. The van der Waals surface area contributed by atoms with E-state index in [1.807, 2.05) is 73.0 Å². The zero-order valence-corrected chi connectivity index (χ0v) is 44.2. The normalized spacial score (nSPS) is 16.5. The number of carbonyl (C=O) groups is 5. The van der Waals surface area contributed by atoms with Crippen molar-refractivity contribution in [3.05, 3.63) is 101 Å². The van der Waals surface area contributed by atoms with Crippen LogP contribution in [0.25, 0.3) is 27.3 Å². The minimum Gasteiger partial charge on any atom is -0.379 e. The quantitative estimate of drug-likeness (QED) is 0.0534. The number of nitrogens with zero attached hydrogens (tertiary/aromatic N) is 8. The molecule has 1 saturated carbocycles. The van der Waals surface area contributed by atoms with Gasteiger partial charge < -0.3 is 40.5 Å². The summed E-state index contributed by atoms with van der Waals surface area (Å²) in [6, 6.07) is 10.9. The lowest BCUT2D eigenvalue weighted by atomic mass is 9.85. The Bertz CT molecular complexity index is 3000. The molecule has 0 spiro atoms. The smallest absolute Gasteiger partial charge is 0.254 e. The Morgan fingerprint density at radius 1 is 0.882 bits per heavy atom. The van der Waals surface area contributed by atoms with E-state index in [1.54, 1.807) is 51.9 Å². The number of hydrogen-bond donors (Lipinski definition) is 5. The third-order valence-corrected chi connectivity index (χ3v) is 14.9. The molecule has 2 atom stereocenters. The summed E-state index contributed by atoms with van der Waals surface area (Å²) in [5.74, 6) is -1.14. The van der Waals surface area contributed by atoms with E-state index in [9.17, 15) is 24.0 Å². The topological polar surface area (TPSA) is 233 Å². The molecule has 1 aliphatic carbocycles. The van der Waals surface area contributed by atoms with Gasteiger partial charge in [0.25, 0.3) is 5.91 Å². The highest BCUT2D eigenvalue weighted by Crippen LogP contribution is 2.41. The van der Waals surface area contributed by atoms with Crippen molar-refractivity contribution >= 4 is 58.0 Å². The predicted molar refractivity (Wildman–Crippen MR) is 284 cm³/mol. The van der Waals surface area contributed by atoms with Crippen LogP contribution in [0, 0.1) is 18.2 Å². The van der Waals surface area contributed by atoms with Crippen molar-refractivity contribution < 1.29 is 37.8 Å². The number of imidazole rings is 1. The molecule has 5 amide bonds. The third-order valence-electron chi connectivity index (χ3n) is 13.9. The van der Waals surface area contributed by atoms with E-state index < -0.39 is 23.3 Å². The number of aromatic amines is 1. The molecule has 76 heavy (non-hydrogen) atoms. The molecule has 6 aromatic rings. The number of benzene rings is 2. The van der Waals surface area contributed by atoms with Crippen LogP contribution in [0.1, 0.15) is 86.1 Å². The van der Waals surface area contributed by atoms with E-state index in [4.69, 9.17) is 14.5 Å². The van der Waals surface area contributed by atoms with Crippen molar-refractivity contribution in [2.75, 3.05) is 77.6 Å². The second kappa shape index (κ2) is 24.2. The Balaban J connectivity index is 0.632. The fourth-order valence-electron chi connectivity index (χ4n) is 9.46. The number of amides is 5. The fraction of sp³-hybridized carbons (Fsp3) is 0.463. The van der Waals surface area contributed by atoms with Crippen LogP contribution >= 0.6 is 11.3 Å². The number of aryl methyl sites for hydroxylation is 1. The van der Waals surface area contributed by atoms with Gasteiger partial charge in [-0.05, 0) is 67.3 Å². The molecular formula is C54H66FN13O7S. The number of nitrogens with one attached hydrogen (secondary N) is 5. The van der Waals surface area contributed by atoms with Crippen molar-refractivity contribution in [2.24, 2.45) is 5.41 Å². The average molecular weight is 1060 g/mol. The zero-order chi connectivity index (χ0) is 53.3. The first kappa shape index (κ1) is 53.7. The molecule has 6 heterocycles. The van der Waals surface area contributed by atoms with E-state index >= 15 is 4.39 Å². The highest BCUT2D eigenvalue weighted by atomic mass is 32.1. The lowest BCUT2D eigenvalue weighted by molar-refractivity contribution is -0.144. The summed E-state index contributed by atoms with van der Waals surface area (Å²) >= 11 is 1.59. The number of likely N-dealkylation sites (tertiary alicyclic amines) is 1. The Morgan fingerprint density at radius 2 is 1.66 bits per heavy atom. The van der Waals surface area contributed by atoms with Crippen LogP contribution in [0.5, 0.6) is 0 Å². The van der Waals surface area contributed by atoms with Gasteiger partial charge in [0.15, 0.2) is 11.5 Å². The van der Waals surface area contributed by atoms with Crippen molar-refractivity contribution in [3.8, 4) is 21.7 Å². The van der Waals surface area contributed by atoms with Crippen LogP contribution in [-0.4, -0.2) is 158 Å². The first-order valence-corrected chi connectivity index (χ1v) is 26.8. The average Bonchev–Trinajstić information content (AvgIpc) is 3.84. The van der Waals surface area contributed by atoms with Crippen molar-refractivity contribution in [1.82, 2.24) is 60.2 Å². The molecule has 402 valence electrons. The van der Waals surface area contributed by atoms with Gasteiger partial charge in [0.2, 0.25) is 23.6 Å². The van der Waals surface area contributed by atoms with Gasteiger partial charge in [0.1, 0.15) is 17.9 Å². The summed E-state index contributed by atoms with van der Waals surface area (Å²) in [4.78, 5) is 86.7. The van der Waals surface area contributed by atoms with Crippen LogP contribution in [0.2, 0.25) is 0 Å². The molecule has 4 aromatic heterocycles. The van der Waals surface area contributed by atoms with Crippen LogP contribution in [0.4, 0.5) is 15.9 Å². The maximum absolute atomic E-state index is 15.6. The van der Waals surface area contributed by atoms with Crippen LogP contribution < -0.4 is 21.3 Å². The Labute approximate surface area is 444 Å². The van der Waals surface area contributed by atoms with Gasteiger partial charge in [-0.25, -0.2) is 19.3 Å². The molecule has 0 bridgehead atoms. The lowest BCUT2D eigenvalue weighted by Crippen LogP contribution is -2.57. The number of rotatable bonds is 22. The number of carbonyl (C=O) groups excluding carboxylic acids is 5. The van der Waals surface area contributed by atoms with Gasteiger partial charge in [-0.15, -0.1) is 11.3 Å². The van der Waals surface area contributed by atoms with Crippen molar-refractivity contribution in [1.29, 1.82) is 0 Å². The van der Waals surface area contributed by atoms with Crippen molar-refractivity contribution in [3.63, 3.8) is 0 Å². The second-order valence-corrected chi connectivity index (χ2v) is 21.4. The standard InChI is InChI=1S/C54H66FN13O7S/c1-34-47(76-33-59-34)37-9-7-35(8-10-37)27-58-51(71)43-6-5-17-67(43)53(73)48(54(2,3)4)64-45(69)15-22-74-24-25-75-23-16-56-46(70)32-65-18-20-66(21-19-65)52(72)38-13-14-41(40(55)26-38)62-49-50-57-30-44(39-28-60-61-29-39)68(50)31-42(63-49)36-11-12-36/h7-10,13-14,26,28-31,33,36,43,48H,5-6,11-12,15-25,27,32H2,1-4H3,(H,56,70)(H,58,71)(H,60,61)(H,62,63)(H,64,69)/t43-,48+/m0/s1. The van der Waals surface area contributed by atoms with Gasteiger partial charge in [-0.2, -0.15) is 5.10 Å². The molecule has 5 N–H and O–H groups in total. The van der Waals surface area contributed by atoms with E-state index in [2.05, 4.69) is 41.4 Å². The van der Waals surface area contributed by atoms with Crippen LogP contribution in [0.15, 0.2) is 72.8 Å². The number of anilines is 2. The number of aromatic nitrogens is 6. The fourth-order valence-corrected chi connectivity index (χ4v) is 10.3. The molecule has 0 unspecified atom stereocenters. The molecular weight excluding hydrogens is 994 g/mol. The summed E-state index contributed by atoms with van der Waals surface area (Å²) in [5.41, 5.74) is 7.74. The number of thiazole rings is 1. The Kier molecular flexibility index (Phi) is 17.1. The van der Waals surface area contributed by atoms with E-state index in [-0.39, 0.29) is 80.2 Å². The lowest BCUT2D eigenvalue weighted by Gasteiger charge is -2.35. The number of piperazine rings is 1. The Hall–Kier alpha value is -7.14. The number of ether oxygens (including phenoxy) is 2. The van der Waals surface area contributed by atoms with E-state index in [0.29, 0.717) is 76.0 Å². The van der Waals surface area contributed by atoms with Crippen molar-refractivity contribution in [2.45, 2.75) is 84.3 Å². The summed E-state index contributed by atoms with van der Waals surface area (Å²) in [6.45, 7) is 11.4. The summed E-state index contributed by atoms with van der Waals surface area (Å²) in [6.07, 6.45) is 10.6. The van der Waals surface area contributed by atoms with E-state index in [1.165, 1.54) is 6.07 Å². The Morgan fingerprint density at radius 3 is 2.36 bits per heavy atom. The molecule has 2 saturated heterocycles. The molecule has 22 heteroatoms. The summed E-state index contributed by atoms with van der Waals surface area (Å²) in [7, 11) is 0. The highest BCUT2D eigenvalue weighted by Gasteiger charge is 2.42. The SMILES string of the molecule is Cc1ncsc1-c1ccc(CNC(=O)[C@@H]2CCCN2C(=O)[C@@H](NC(=O)CCOCCOCCNC(=O)CN2CCN(C(=O)c3ccc(Nc4nc(C5CC5)cn5c(-c6cn[nH]c6)cnc45)c(F)c3)CC2)C(C)(C)C)cc1. The minimum atomic E-state index is -0.840. The van der Waals surface area contributed by atoms with Gasteiger partial charge in [0.05, 0.1) is 78.5 Å². The van der Waals surface area contributed by atoms with E-state index in [0.717, 1.165) is 51.5 Å². The predicted octanol–water partition coefficient (Wildman–Crippen LogP) is 5.45. The molecule has 2 aromatic carbocycles. The van der Waals surface area contributed by atoms with Gasteiger partial charge in [-0.3, -0.25) is 38.4 Å². The highest BCUT2D eigenvalue weighted by molar-refractivity contribution is 7.13. The van der Waals surface area contributed by atoms with Crippen LogP contribution in [-0.2, 0) is 35.2 Å². The van der Waals surface area contributed by atoms with Crippen LogP contribution in [0.3, 0.4) is 0 Å². The number of fused-ring (bicyclic) bond motifs is 1.